The number of fused-ring (bicyclic) bond motifs is 1. The molecular formula is C15H15ClN2OS. The van der Waals surface area contributed by atoms with Crippen LogP contribution >= 0.6 is 23.4 Å². The number of carbonyl (C=O) groups is 1. The van der Waals surface area contributed by atoms with Gasteiger partial charge < -0.3 is 4.90 Å². The maximum Gasteiger partial charge on any atom is 0.256 e. The number of carbonyl (C=O) groups excluding carboxylic acids is 1. The van der Waals surface area contributed by atoms with Gasteiger partial charge in [0.2, 0.25) is 0 Å². The van der Waals surface area contributed by atoms with Gasteiger partial charge in [-0.2, -0.15) is 11.8 Å². The first-order valence-electron chi connectivity index (χ1n) is 6.61. The Balaban J connectivity index is 2.01. The Labute approximate surface area is 127 Å². The normalized spacial score (nSPS) is 19.3. The van der Waals surface area contributed by atoms with Crippen molar-refractivity contribution in [2.24, 2.45) is 0 Å². The van der Waals surface area contributed by atoms with E-state index in [1.54, 1.807) is 6.20 Å². The standard InChI is InChI=1S/C15H15ClN2OS/c1-10-9-18(6-7-20-10)15(19)13-8-17-14(16)12-5-3-2-4-11(12)13/h2-5,8,10H,6-7,9H2,1H3. The Morgan fingerprint density at radius 1 is 1.40 bits per heavy atom. The van der Waals surface area contributed by atoms with Crippen molar-refractivity contribution in [2.75, 3.05) is 18.8 Å². The zero-order chi connectivity index (χ0) is 14.1. The van der Waals surface area contributed by atoms with Crippen molar-refractivity contribution in [2.45, 2.75) is 12.2 Å². The Bertz CT molecular complexity index is 661. The molecule has 3 rings (SSSR count). The fourth-order valence-corrected chi connectivity index (χ4v) is 3.73. The lowest BCUT2D eigenvalue weighted by molar-refractivity contribution is 0.0765. The van der Waals surface area contributed by atoms with Crippen LogP contribution in [0, 0.1) is 0 Å². The van der Waals surface area contributed by atoms with Gasteiger partial charge in [0.1, 0.15) is 5.15 Å². The molecule has 1 unspecified atom stereocenters. The molecule has 1 aliphatic rings. The van der Waals surface area contributed by atoms with Crippen molar-refractivity contribution in [1.82, 2.24) is 9.88 Å². The van der Waals surface area contributed by atoms with E-state index in [-0.39, 0.29) is 5.91 Å². The second-order valence-corrected chi connectivity index (χ2v) is 6.85. The van der Waals surface area contributed by atoms with Crippen LogP contribution in [0.3, 0.4) is 0 Å². The Kier molecular flexibility index (Phi) is 3.85. The summed E-state index contributed by atoms with van der Waals surface area (Å²) in [4.78, 5) is 18.8. The van der Waals surface area contributed by atoms with Crippen LogP contribution in [0.1, 0.15) is 17.3 Å². The molecule has 1 aromatic carbocycles. The molecule has 1 atom stereocenters. The molecule has 2 aromatic rings. The van der Waals surface area contributed by atoms with E-state index in [0.717, 1.165) is 29.6 Å². The van der Waals surface area contributed by atoms with E-state index in [0.29, 0.717) is 16.0 Å². The summed E-state index contributed by atoms with van der Waals surface area (Å²) in [5.41, 5.74) is 0.643. The number of thioether (sulfide) groups is 1. The Morgan fingerprint density at radius 3 is 2.90 bits per heavy atom. The molecule has 0 spiro atoms. The highest BCUT2D eigenvalue weighted by molar-refractivity contribution is 7.99. The van der Waals surface area contributed by atoms with Crippen molar-refractivity contribution in [1.29, 1.82) is 0 Å². The molecular weight excluding hydrogens is 292 g/mol. The topological polar surface area (TPSA) is 33.2 Å². The molecule has 0 saturated carbocycles. The van der Waals surface area contributed by atoms with E-state index < -0.39 is 0 Å². The van der Waals surface area contributed by atoms with Gasteiger partial charge in [0.25, 0.3) is 5.91 Å². The third-order valence-electron chi connectivity index (χ3n) is 3.51. The summed E-state index contributed by atoms with van der Waals surface area (Å²) in [6, 6.07) is 7.66. The van der Waals surface area contributed by atoms with Gasteiger partial charge in [-0.25, -0.2) is 4.98 Å². The molecule has 20 heavy (non-hydrogen) atoms. The maximum atomic E-state index is 12.7. The van der Waals surface area contributed by atoms with Crippen molar-refractivity contribution in [3.05, 3.63) is 41.2 Å². The summed E-state index contributed by atoms with van der Waals surface area (Å²) in [7, 11) is 0. The SMILES string of the molecule is CC1CN(C(=O)c2cnc(Cl)c3ccccc23)CCS1. The first-order valence-corrected chi connectivity index (χ1v) is 8.03. The van der Waals surface area contributed by atoms with Crippen molar-refractivity contribution in [3.8, 4) is 0 Å². The van der Waals surface area contributed by atoms with E-state index >= 15 is 0 Å². The highest BCUT2D eigenvalue weighted by atomic mass is 35.5. The number of hydrogen-bond donors (Lipinski definition) is 0. The highest BCUT2D eigenvalue weighted by Gasteiger charge is 2.24. The van der Waals surface area contributed by atoms with Crippen LogP contribution in [0.15, 0.2) is 30.5 Å². The van der Waals surface area contributed by atoms with Crippen LogP contribution < -0.4 is 0 Å². The average Bonchev–Trinajstić information content (AvgIpc) is 2.47. The predicted octanol–water partition coefficient (Wildman–Crippen LogP) is 3.47. The summed E-state index contributed by atoms with van der Waals surface area (Å²) < 4.78 is 0. The van der Waals surface area contributed by atoms with Crippen molar-refractivity contribution < 1.29 is 4.79 Å². The molecule has 2 heterocycles. The largest absolute Gasteiger partial charge is 0.337 e. The van der Waals surface area contributed by atoms with Gasteiger partial charge in [-0.15, -0.1) is 0 Å². The Morgan fingerprint density at radius 2 is 2.15 bits per heavy atom. The Hall–Kier alpha value is -1.26. The minimum absolute atomic E-state index is 0.0533. The van der Waals surface area contributed by atoms with E-state index in [4.69, 9.17) is 11.6 Å². The molecule has 1 amide bonds. The number of rotatable bonds is 1. The van der Waals surface area contributed by atoms with Gasteiger partial charge in [-0.3, -0.25) is 4.79 Å². The van der Waals surface area contributed by atoms with Gasteiger partial charge in [0.15, 0.2) is 0 Å². The van der Waals surface area contributed by atoms with Crippen LogP contribution in [-0.2, 0) is 0 Å². The predicted molar refractivity (Wildman–Crippen MR) is 84.6 cm³/mol. The number of amides is 1. The lowest BCUT2D eigenvalue weighted by atomic mass is 10.1. The van der Waals surface area contributed by atoms with Crippen molar-refractivity contribution >= 4 is 40.0 Å². The van der Waals surface area contributed by atoms with E-state index in [2.05, 4.69) is 11.9 Å². The number of aromatic nitrogens is 1. The third-order valence-corrected chi connectivity index (χ3v) is 4.94. The average molecular weight is 307 g/mol. The summed E-state index contributed by atoms with van der Waals surface area (Å²) in [5.74, 6) is 1.05. The van der Waals surface area contributed by atoms with E-state index in [9.17, 15) is 4.79 Å². The smallest absolute Gasteiger partial charge is 0.256 e. The zero-order valence-corrected chi connectivity index (χ0v) is 12.7. The molecule has 5 heteroatoms. The summed E-state index contributed by atoms with van der Waals surface area (Å²) >= 11 is 8.01. The van der Waals surface area contributed by atoms with Gasteiger partial charge in [0, 0.05) is 35.7 Å². The summed E-state index contributed by atoms with van der Waals surface area (Å²) in [6.07, 6.45) is 1.60. The highest BCUT2D eigenvalue weighted by Crippen LogP contribution is 2.26. The zero-order valence-electron chi connectivity index (χ0n) is 11.2. The lowest BCUT2D eigenvalue weighted by Gasteiger charge is -2.30. The van der Waals surface area contributed by atoms with E-state index in [1.165, 1.54) is 0 Å². The minimum atomic E-state index is 0.0533. The second-order valence-electron chi connectivity index (χ2n) is 4.94. The summed E-state index contributed by atoms with van der Waals surface area (Å²) in [5, 5.41) is 2.64. The van der Waals surface area contributed by atoms with Crippen LogP contribution in [0.25, 0.3) is 10.8 Å². The lowest BCUT2D eigenvalue weighted by Crippen LogP contribution is -2.41. The van der Waals surface area contributed by atoms with Crippen molar-refractivity contribution in [3.63, 3.8) is 0 Å². The first-order chi connectivity index (χ1) is 9.66. The molecule has 3 nitrogen and oxygen atoms in total. The molecule has 1 fully saturated rings. The maximum absolute atomic E-state index is 12.7. The molecule has 104 valence electrons. The number of hydrogen-bond acceptors (Lipinski definition) is 3. The van der Waals surface area contributed by atoms with Crippen LogP contribution in [0.4, 0.5) is 0 Å². The first kappa shape index (κ1) is 13.7. The molecule has 1 aromatic heterocycles. The van der Waals surface area contributed by atoms with E-state index in [1.807, 2.05) is 40.9 Å². The number of halogens is 1. The second kappa shape index (κ2) is 5.62. The quantitative estimate of drug-likeness (QED) is 0.756. The number of nitrogens with zero attached hydrogens (tertiary/aromatic N) is 2. The summed E-state index contributed by atoms with van der Waals surface area (Å²) in [6.45, 7) is 3.74. The van der Waals surface area contributed by atoms with Gasteiger partial charge in [0.05, 0.1) is 5.56 Å². The van der Waals surface area contributed by atoms with Gasteiger partial charge in [-0.05, 0) is 5.39 Å². The fraction of sp³-hybridized carbons (Fsp3) is 0.333. The van der Waals surface area contributed by atoms with Gasteiger partial charge in [-0.1, -0.05) is 42.8 Å². The van der Waals surface area contributed by atoms with Crippen LogP contribution in [0.2, 0.25) is 5.15 Å². The fourth-order valence-electron chi connectivity index (χ4n) is 2.50. The molecule has 1 aliphatic heterocycles. The van der Waals surface area contributed by atoms with Gasteiger partial charge >= 0.3 is 0 Å². The minimum Gasteiger partial charge on any atom is -0.337 e. The molecule has 0 bridgehead atoms. The molecule has 0 radical (unpaired) electrons. The van der Waals surface area contributed by atoms with Crippen LogP contribution in [-0.4, -0.2) is 39.9 Å². The van der Waals surface area contributed by atoms with Crippen LogP contribution in [0.5, 0.6) is 0 Å². The molecule has 0 aliphatic carbocycles. The molecule has 0 N–H and O–H groups in total. The molecule has 1 saturated heterocycles. The third kappa shape index (κ3) is 2.50. The number of benzene rings is 1. The number of pyridine rings is 1. The monoisotopic (exact) mass is 306 g/mol.